The largest absolute Gasteiger partial charge is 0.376 e. The number of ketones is 1. The van der Waals surface area contributed by atoms with Gasteiger partial charge in [0, 0.05) is 44.2 Å². The van der Waals surface area contributed by atoms with Gasteiger partial charge in [-0.2, -0.15) is 0 Å². The van der Waals surface area contributed by atoms with Crippen molar-refractivity contribution in [2.45, 2.75) is 38.2 Å². The lowest BCUT2D eigenvalue weighted by atomic mass is 10.0. The van der Waals surface area contributed by atoms with Crippen LogP contribution in [0.3, 0.4) is 0 Å². The summed E-state index contributed by atoms with van der Waals surface area (Å²) in [5.41, 5.74) is 2.35. The van der Waals surface area contributed by atoms with E-state index in [9.17, 15) is 18.4 Å². The number of nitrogens with zero attached hydrogens (tertiary/aromatic N) is 2. The number of hydrogen-bond acceptors (Lipinski definition) is 5. The summed E-state index contributed by atoms with van der Waals surface area (Å²) in [6.07, 6.45) is -0.504. The van der Waals surface area contributed by atoms with Gasteiger partial charge in [-0.25, -0.2) is 13.8 Å². The fourth-order valence-electron chi connectivity index (χ4n) is 3.84. The number of ether oxygens (including phenoxy) is 1. The predicted octanol–water partition coefficient (Wildman–Crippen LogP) is 3.35. The van der Waals surface area contributed by atoms with Gasteiger partial charge in [0.05, 0.1) is 19.3 Å². The quantitative estimate of drug-likeness (QED) is 0.568. The van der Waals surface area contributed by atoms with Gasteiger partial charge in [-0.05, 0) is 30.5 Å². The Labute approximate surface area is 187 Å². The summed E-state index contributed by atoms with van der Waals surface area (Å²) >= 11 is 0. The zero-order valence-electron chi connectivity index (χ0n) is 18.2. The van der Waals surface area contributed by atoms with Gasteiger partial charge in [0.15, 0.2) is 5.78 Å². The number of alkyl halides is 2. The van der Waals surface area contributed by atoms with Crippen molar-refractivity contribution in [1.82, 2.24) is 15.2 Å². The SMILES string of the molecule is CNC(=O)c1cc(C(=O)CCC[C@@H]2CN(CC(F)F)CCO2)cc(Cc2ccccc2)n1. The van der Waals surface area contributed by atoms with E-state index in [0.29, 0.717) is 50.2 Å². The molecule has 8 heteroatoms. The molecular formula is C24H29F2N3O3. The van der Waals surface area contributed by atoms with Gasteiger partial charge in [0.25, 0.3) is 12.3 Å². The molecule has 0 aliphatic carbocycles. The van der Waals surface area contributed by atoms with Crippen LogP contribution in [0.4, 0.5) is 8.78 Å². The smallest absolute Gasteiger partial charge is 0.269 e. The van der Waals surface area contributed by atoms with Crippen molar-refractivity contribution in [1.29, 1.82) is 0 Å². The summed E-state index contributed by atoms with van der Waals surface area (Å²) in [5.74, 6) is -0.421. The molecule has 2 aromatic rings. The lowest BCUT2D eigenvalue weighted by molar-refractivity contribution is -0.0480. The van der Waals surface area contributed by atoms with Crippen molar-refractivity contribution >= 4 is 11.7 Å². The van der Waals surface area contributed by atoms with E-state index in [1.165, 1.54) is 13.1 Å². The van der Waals surface area contributed by atoms with E-state index in [2.05, 4.69) is 10.3 Å². The van der Waals surface area contributed by atoms with Gasteiger partial charge < -0.3 is 10.1 Å². The van der Waals surface area contributed by atoms with Gasteiger partial charge in [0.1, 0.15) is 5.69 Å². The monoisotopic (exact) mass is 445 g/mol. The molecule has 0 bridgehead atoms. The predicted molar refractivity (Wildman–Crippen MR) is 117 cm³/mol. The molecule has 1 atom stereocenters. The van der Waals surface area contributed by atoms with Gasteiger partial charge in [-0.15, -0.1) is 0 Å². The molecule has 1 aromatic carbocycles. The maximum Gasteiger partial charge on any atom is 0.269 e. The van der Waals surface area contributed by atoms with Crippen LogP contribution < -0.4 is 5.32 Å². The molecule has 0 radical (unpaired) electrons. The van der Waals surface area contributed by atoms with Gasteiger partial charge >= 0.3 is 0 Å². The molecule has 2 heterocycles. The van der Waals surface area contributed by atoms with Crippen LogP contribution in [0.15, 0.2) is 42.5 Å². The Bertz CT molecular complexity index is 909. The van der Waals surface area contributed by atoms with Crippen molar-refractivity contribution in [3.05, 3.63) is 65.0 Å². The fourth-order valence-corrected chi connectivity index (χ4v) is 3.84. The minimum Gasteiger partial charge on any atom is -0.376 e. The van der Waals surface area contributed by atoms with Crippen molar-refractivity contribution in [3.8, 4) is 0 Å². The minimum atomic E-state index is -2.36. The van der Waals surface area contributed by atoms with E-state index in [4.69, 9.17) is 4.74 Å². The number of morpholine rings is 1. The summed E-state index contributed by atoms with van der Waals surface area (Å²) in [6, 6.07) is 13.0. The second kappa shape index (κ2) is 11.8. The van der Waals surface area contributed by atoms with Crippen LogP contribution in [0.25, 0.3) is 0 Å². The highest BCUT2D eigenvalue weighted by molar-refractivity contribution is 5.99. The first-order valence-electron chi connectivity index (χ1n) is 10.9. The molecule has 3 rings (SSSR count). The molecule has 1 amide bonds. The lowest BCUT2D eigenvalue weighted by Crippen LogP contribution is -2.44. The molecule has 1 aliphatic rings. The molecule has 172 valence electrons. The topological polar surface area (TPSA) is 71.5 Å². The maximum atomic E-state index is 12.9. The molecule has 6 nitrogen and oxygen atoms in total. The third-order valence-corrected chi connectivity index (χ3v) is 5.44. The number of carbonyl (C=O) groups is 2. The average molecular weight is 446 g/mol. The van der Waals surface area contributed by atoms with Crippen molar-refractivity contribution in [2.24, 2.45) is 0 Å². The highest BCUT2D eigenvalue weighted by Gasteiger charge is 2.23. The number of hydrogen-bond donors (Lipinski definition) is 1. The number of halogens is 2. The van der Waals surface area contributed by atoms with Gasteiger partial charge in [0.2, 0.25) is 0 Å². The van der Waals surface area contributed by atoms with Crippen molar-refractivity contribution in [2.75, 3.05) is 33.3 Å². The van der Waals surface area contributed by atoms with Crippen LogP contribution >= 0.6 is 0 Å². The zero-order chi connectivity index (χ0) is 22.9. The molecule has 1 aliphatic heterocycles. The van der Waals surface area contributed by atoms with E-state index < -0.39 is 6.43 Å². The number of pyridine rings is 1. The van der Waals surface area contributed by atoms with Crippen LogP contribution in [0.2, 0.25) is 0 Å². The standard InChI is InChI=1S/C24H29F2N3O3/c1-27-24(31)21-14-18(13-19(28-21)12-17-6-3-2-4-7-17)22(30)9-5-8-20-15-29(10-11-32-20)16-23(25)26/h2-4,6-7,13-14,20,23H,5,8-12,15-16H2,1H3,(H,27,31)/t20-/m1/s1. The Morgan fingerprint density at radius 3 is 2.75 bits per heavy atom. The Balaban J connectivity index is 1.62. The van der Waals surface area contributed by atoms with Crippen LogP contribution in [0.1, 0.15) is 51.4 Å². The number of carbonyl (C=O) groups excluding carboxylic acids is 2. The maximum absolute atomic E-state index is 12.9. The second-order valence-corrected chi connectivity index (χ2v) is 7.93. The summed E-state index contributed by atoms with van der Waals surface area (Å²) < 4.78 is 30.9. The highest BCUT2D eigenvalue weighted by atomic mass is 19.3. The summed E-state index contributed by atoms with van der Waals surface area (Å²) in [7, 11) is 1.52. The minimum absolute atomic E-state index is 0.0767. The average Bonchev–Trinajstić information content (AvgIpc) is 2.78. The molecule has 32 heavy (non-hydrogen) atoms. The molecule has 1 aromatic heterocycles. The van der Waals surface area contributed by atoms with E-state index in [1.807, 2.05) is 30.3 Å². The van der Waals surface area contributed by atoms with Crippen LogP contribution in [0.5, 0.6) is 0 Å². The van der Waals surface area contributed by atoms with E-state index in [0.717, 1.165) is 5.56 Å². The first kappa shape index (κ1) is 23.9. The molecule has 0 spiro atoms. The molecule has 1 fully saturated rings. The van der Waals surface area contributed by atoms with Gasteiger partial charge in [-0.1, -0.05) is 30.3 Å². The third-order valence-electron chi connectivity index (χ3n) is 5.44. The Kier molecular flexibility index (Phi) is 8.81. The number of Topliss-reactive ketones (excluding diaryl/α,β-unsaturated/α-hetero) is 1. The summed E-state index contributed by atoms with van der Waals surface area (Å²) in [6.45, 7) is 1.13. The van der Waals surface area contributed by atoms with Crippen LogP contribution in [0, 0.1) is 0 Å². The molecule has 1 N–H and O–H groups in total. The number of benzene rings is 1. The number of rotatable bonds is 10. The summed E-state index contributed by atoms with van der Waals surface area (Å²) in [4.78, 5) is 31.1. The molecule has 0 saturated carbocycles. The second-order valence-electron chi connectivity index (χ2n) is 7.93. The molecule has 1 saturated heterocycles. The normalized spacial score (nSPS) is 16.8. The van der Waals surface area contributed by atoms with E-state index in [1.54, 1.807) is 11.0 Å². The molecule has 0 unspecified atom stereocenters. The fraction of sp³-hybridized carbons (Fsp3) is 0.458. The molecular weight excluding hydrogens is 416 g/mol. The number of nitrogens with one attached hydrogen (secondary N) is 1. The first-order chi connectivity index (χ1) is 15.4. The van der Waals surface area contributed by atoms with E-state index >= 15 is 0 Å². The van der Waals surface area contributed by atoms with Crippen LogP contribution in [-0.2, 0) is 11.2 Å². The van der Waals surface area contributed by atoms with E-state index in [-0.39, 0.29) is 36.5 Å². The Morgan fingerprint density at radius 1 is 1.25 bits per heavy atom. The summed E-state index contributed by atoms with van der Waals surface area (Å²) in [5, 5.41) is 2.55. The Hall–Kier alpha value is -2.71. The first-order valence-corrected chi connectivity index (χ1v) is 10.9. The third kappa shape index (κ3) is 7.17. The Morgan fingerprint density at radius 2 is 2.03 bits per heavy atom. The zero-order valence-corrected chi connectivity index (χ0v) is 18.2. The van der Waals surface area contributed by atoms with Crippen molar-refractivity contribution in [3.63, 3.8) is 0 Å². The van der Waals surface area contributed by atoms with Crippen LogP contribution in [-0.4, -0.2) is 67.4 Å². The number of aromatic nitrogens is 1. The van der Waals surface area contributed by atoms with Gasteiger partial charge in [-0.3, -0.25) is 14.5 Å². The highest BCUT2D eigenvalue weighted by Crippen LogP contribution is 2.17. The van der Waals surface area contributed by atoms with Crippen molar-refractivity contribution < 1.29 is 23.1 Å². The lowest BCUT2D eigenvalue weighted by Gasteiger charge is -2.32. The number of amides is 1.